The molecule has 0 saturated carbocycles. The summed E-state index contributed by atoms with van der Waals surface area (Å²) in [5, 5.41) is 5.21. The topological polar surface area (TPSA) is 96.6 Å². The van der Waals surface area contributed by atoms with Crippen molar-refractivity contribution in [2.45, 2.75) is 24.8 Å². The molecule has 2 N–H and O–H groups in total. The van der Waals surface area contributed by atoms with Crippen molar-refractivity contribution in [1.29, 1.82) is 0 Å². The van der Waals surface area contributed by atoms with Crippen molar-refractivity contribution in [1.82, 2.24) is 14.8 Å². The average molecular weight is 388 g/mol. The van der Waals surface area contributed by atoms with Gasteiger partial charge in [0.2, 0.25) is 10.0 Å². The lowest BCUT2D eigenvalue weighted by molar-refractivity contribution is 0.0760. The average Bonchev–Trinajstić information content (AvgIpc) is 2.87. The van der Waals surface area contributed by atoms with Gasteiger partial charge in [0, 0.05) is 50.7 Å². The van der Waals surface area contributed by atoms with Crippen LogP contribution >= 0.6 is 0 Å². The van der Waals surface area contributed by atoms with E-state index in [1.165, 1.54) is 12.1 Å². The van der Waals surface area contributed by atoms with Crippen LogP contribution in [0.4, 0.5) is 0 Å². The van der Waals surface area contributed by atoms with Crippen LogP contribution in [0.1, 0.15) is 27.9 Å². The lowest BCUT2D eigenvalue weighted by atomic mass is 10.1. The molecule has 1 aliphatic rings. The van der Waals surface area contributed by atoms with Crippen LogP contribution in [0.5, 0.6) is 0 Å². The summed E-state index contributed by atoms with van der Waals surface area (Å²) in [7, 11) is -3.84. The monoisotopic (exact) mass is 388 g/mol. The number of amides is 1. The number of hydrogen-bond acceptors (Lipinski definition) is 5. The molecule has 0 aliphatic carbocycles. The molecule has 0 radical (unpaired) electrons. The SMILES string of the molecule is Cc1ccc(S(N)(=O)=O)cc1C(=O)N1CCCN(Cc2cccnc2)CC1. The molecule has 144 valence electrons. The Morgan fingerprint density at radius 2 is 2.00 bits per heavy atom. The number of nitrogens with two attached hydrogens (primary N) is 1. The summed E-state index contributed by atoms with van der Waals surface area (Å²) in [6, 6.07) is 8.40. The molecule has 8 heteroatoms. The zero-order chi connectivity index (χ0) is 19.4. The van der Waals surface area contributed by atoms with Crippen LogP contribution < -0.4 is 5.14 Å². The van der Waals surface area contributed by atoms with E-state index in [0.717, 1.165) is 37.2 Å². The number of aryl methyl sites for hydroxylation is 1. The highest BCUT2D eigenvalue weighted by atomic mass is 32.2. The predicted molar refractivity (Wildman–Crippen MR) is 103 cm³/mol. The Labute approximate surface area is 159 Å². The third kappa shape index (κ3) is 4.91. The zero-order valence-electron chi connectivity index (χ0n) is 15.3. The number of carbonyl (C=O) groups excluding carboxylic acids is 1. The van der Waals surface area contributed by atoms with Gasteiger partial charge in [-0.15, -0.1) is 0 Å². The molecule has 1 fully saturated rings. The summed E-state index contributed by atoms with van der Waals surface area (Å²) < 4.78 is 23.2. The third-order valence-electron chi connectivity index (χ3n) is 4.77. The summed E-state index contributed by atoms with van der Waals surface area (Å²) >= 11 is 0. The molecule has 1 amide bonds. The molecule has 3 rings (SSSR count). The minimum absolute atomic E-state index is 0.0375. The molecule has 1 aromatic carbocycles. The van der Waals surface area contributed by atoms with E-state index >= 15 is 0 Å². The summed E-state index contributed by atoms with van der Waals surface area (Å²) in [4.78, 5) is 21.2. The van der Waals surface area contributed by atoms with Gasteiger partial charge in [0.25, 0.3) is 5.91 Å². The van der Waals surface area contributed by atoms with Crippen LogP contribution in [0, 0.1) is 6.92 Å². The van der Waals surface area contributed by atoms with Crippen molar-refractivity contribution >= 4 is 15.9 Å². The van der Waals surface area contributed by atoms with Crippen molar-refractivity contribution in [3.8, 4) is 0 Å². The lowest BCUT2D eigenvalue weighted by Gasteiger charge is -2.23. The number of nitrogens with zero attached hydrogens (tertiary/aromatic N) is 3. The molecule has 0 unspecified atom stereocenters. The van der Waals surface area contributed by atoms with Gasteiger partial charge in [-0.2, -0.15) is 0 Å². The standard InChI is InChI=1S/C19H24N4O3S/c1-15-5-6-17(27(20,25)26)12-18(15)19(24)23-9-3-8-22(10-11-23)14-16-4-2-7-21-13-16/h2,4-7,12-13H,3,8-11,14H2,1H3,(H2,20,25,26). The highest BCUT2D eigenvalue weighted by Crippen LogP contribution is 2.18. The molecule has 2 aromatic rings. The van der Waals surface area contributed by atoms with Gasteiger partial charge in [-0.3, -0.25) is 14.7 Å². The van der Waals surface area contributed by atoms with Gasteiger partial charge in [0.1, 0.15) is 0 Å². The fraction of sp³-hybridized carbons (Fsp3) is 0.368. The molecule has 0 bridgehead atoms. The van der Waals surface area contributed by atoms with E-state index < -0.39 is 10.0 Å². The van der Waals surface area contributed by atoms with Crippen LogP contribution in [0.3, 0.4) is 0 Å². The van der Waals surface area contributed by atoms with Crippen molar-refractivity contribution in [3.05, 3.63) is 59.4 Å². The maximum atomic E-state index is 13.0. The Kier molecular flexibility index (Phi) is 5.88. The fourth-order valence-electron chi connectivity index (χ4n) is 3.26. The second-order valence-corrected chi connectivity index (χ2v) is 8.37. The summed E-state index contributed by atoms with van der Waals surface area (Å²) in [5.41, 5.74) is 2.28. The van der Waals surface area contributed by atoms with Gasteiger partial charge in [-0.1, -0.05) is 12.1 Å². The zero-order valence-corrected chi connectivity index (χ0v) is 16.2. The maximum absolute atomic E-state index is 13.0. The molecule has 7 nitrogen and oxygen atoms in total. The second kappa shape index (κ2) is 8.16. The molecular weight excluding hydrogens is 364 g/mol. The van der Waals surface area contributed by atoms with E-state index in [0.29, 0.717) is 18.7 Å². The van der Waals surface area contributed by atoms with Crippen LogP contribution in [0.15, 0.2) is 47.6 Å². The summed E-state index contributed by atoms with van der Waals surface area (Å²) in [5.74, 6) is -0.152. The fourth-order valence-corrected chi connectivity index (χ4v) is 3.80. The van der Waals surface area contributed by atoms with Crippen molar-refractivity contribution in [3.63, 3.8) is 0 Å². The Bertz CT molecular complexity index is 916. The Balaban J connectivity index is 1.71. The first-order valence-electron chi connectivity index (χ1n) is 8.88. The van der Waals surface area contributed by atoms with Gasteiger partial charge in [-0.25, -0.2) is 13.6 Å². The molecule has 1 aromatic heterocycles. The first-order valence-corrected chi connectivity index (χ1v) is 10.4. The summed E-state index contributed by atoms with van der Waals surface area (Å²) in [6.45, 7) is 5.49. The highest BCUT2D eigenvalue weighted by molar-refractivity contribution is 7.89. The second-order valence-electron chi connectivity index (χ2n) is 6.80. The number of benzene rings is 1. The summed E-state index contributed by atoms with van der Waals surface area (Å²) in [6.07, 6.45) is 4.47. The molecule has 0 spiro atoms. The number of sulfonamides is 1. The van der Waals surface area contributed by atoms with Crippen LogP contribution in [-0.4, -0.2) is 55.3 Å². The highest BCUT2D eigenvalue weighted by Gasteiger charge is 2.23. The number of rotatable bonds is 4. The van der Waals surface area contributed by atoms with Gasteiger partial charge < -0.3 is 4.90 Å². The first kappa shape index (κ1) is 19.5. The van der Waals surface area contributed by atoms with E-state index in [9.17, 15) is 13.2 Å². The number of pyridine rings is 1. The lowest BCUT2D eigenvalue weighted by Crippen LogP contribution is -2.35. The Morgan fingerprint density at radius 3 is 2.70 bits per heavy atom. The predicted octanol–water partition coefficient (Wildman–Crippen LogP) is 1.39. The first-order chi connectivity index (χ1) is 12.8. The minimum Gasteiger partial charge on any atom is -0.337 e. The van der Waals surface area contributed by atoms with Crippen LogP contribution in [0.2, 0.25) is 0 Å². The number of hydrogen-bond donors (Lipinski definition) is 1. The molecule has 0 atom stereocenters. The van der Waals surface area contributed by atoms with E-state index in [-0.39, 0.29) is 10.8 Å². The van der Waals surface area contributed by atoms with Gasteiger partial charge in [0.15, 0.2) is 0 Å². The van der Waals surface area contributed by atoms with Crippen LogP contribution in [-0.2, 0) is 16.6 Å². The minimum atomic E-state index is -3.84. The molecule has 2 heterocycles. The smallest absolute Gasteiger partial charge is 0.254 e. The van der Waals surface area contributed by atoms with Crippen molar-refractivity contribution in [2.24, 2.45) is 5.14 Å². The Hall–Kier alpha value is -2.29. The van der Waals surface area contributed by atoms with Crippen molar-refractivity contribution in [2.75, 3.05) is 26.2 Å². The van der Waals surface area contributed by atoms with E-state index in [2.05, 4.69) is 9.88 Å². The molecule has 1 saturated heterocycles. The van der Waals surface area contributed by atoms with E-state index in [1.807, 2.05) is 18.3 Å². The molecule has 1 aliphatic heterocycles. The number of carbonyl (C=O) groups is 1. The van der Waals surface area contributed by atoms with Gasteiger partial charge in [-0.05, 0) is 42.7 Å². The largest absolute Gasteiger partial charge is 0.337 e. The van der Waals surface area contributed by atoms with E-state index in [1.54, 1.807) is 24.1 Å². The van der Waals surface area contributed by atoms with E-state index in [4.69, 9.17) is 5.14 Å². The normalized spacial score (nSPS) is 16.1. The maximum Gasteiger partial charge on any atom is 0.254 e. The third-order valence-corrected chi connectivity index (χ3v) is 5.68. The quantitative estimate of drug-likeness (QED) is 0.854. The van der Waals surface area contributed by atoms with Gasteiger partial charge >= 0.3 is 0 Å². The molecule has 27 heavy (non-hydrogen) atoms. The Morgan fingerprint density at radius 1 is 1.19 bits per heavy atom. The molecular formula is C19H24N4O3S. The number of aromatic nitrogens is 1. The van der Waals surface area contributed by atoms with Crippen molar-refractivity contribution < 1.29 is 13.2 Å². The number of primary sulfonamides is 1. The van der Waals surface area contributed by atoms with Crippen LogP contribution in [0.25, 0.3) is 0 Å². The van der Waals surface area contributed by atoms with Gasteiger partial charge in [0.05, 0.1) is 4.90 Å².